The summed E-state index contributed by atoms with van der Waals surface area (Å²) in [6.07, 6.45) is 25.3. The van der Waals surface area contributed by atoms with Crippen molar-refractivity contribution in [1.29, 1.82) is 0 Å². The van der Waals surface area contributed by atoms with Crippen molar-refractivity contribution in [1.82, 2.24) is 0 Å². The van der Waals surface area contributed by atoms with Crippen LogP contribution in [-0.2, 0) is 4.74 Å². The second kappa shape index (κ2) is 21.0. The maximum atomic E-state index is 5.07. The molecule has 0 saturated heterocycles. The number of unbranched alkanes of at least 4 members (excludes halogenated alkanes) is 17. The van der Waals surface area contributed by atoms with Crippen molar-refractivity contribution in [2.24, 2.45) is 0 Å². The Morgan fingerprint density at radius 2 is 0.727 bits per heavy atom. The second-order valence-electron chi connectivity index (χ2n) is 6.86. The molecule has 133 valence electrons. The largest absolute Gasteiger partial charge is 0.385 e. The van der Waals surface area contributed by atoms with Crippen LogP contribution in [0.15, 0.2) is 0 Å². The van der Waals surface area contributed by atoms with Gasteiger partial charge in [0.25, 0.3) is 0 Å². The zero-order valence-corrected chi connectivity index (χ0v) is 15.6. The van der Waals surface area contributed by atoms with Gasteiger partial charge < -0.3 is 4.74 Å². The number of hydrogen-bond donors (Lipinski definition) is 0. The quantitative estimate of drug-likeness (QED) is 0.224. The third kappa shape index (κ3) is 20.0. The summed E-state index contributed by atoms with van der Waals surface area (Å²) in [5, 5.41) is 0. The topological polar surface area (TPSA) is 9.23 Å². The fourth-order valence-corrected chi connectivity index (χ4v) is 3.07. The minimum Gasteiger partial charge on any atom is -0.385 e. The molecule has 0 aromatic heterocycles. The number of ether oxygens (including phenoxy) is 1. The van der Waals surface area contributed by atoms with Crippen molar-refractivity contribution in [3.05, 3.63) is 6.92 Å². The summed E-state index contributed by atoms with van der Waals surface area (Å²) in [4.78, 5) is 0. The van der Waals surface area contributed by atoms with Crippen LogP contribution in [0.5, 0.6) is 0 Å². The van der Waals surface area contributed by atoms with E-state index in [1.807, 2.05) is 0 Å². The van der Waals surface area contributed by atoms with E-state index in [9.17, 15) is 0 Å². The Balaban J connectivity index is 2.91. The van der Waals surface area contributed by atoms with E-state index in [2.05, 4.69) is 6.92 Å². The Morgan fingerprint density at radius 3 is 1.00 bits per heavy atom. The summed E-state index contributed by atoms with van der Waals surface area (Å²) < 4.78 is 5.07. The van der Waals surface area contributed by atoms with Crippen molar-refractivity contribution in [3.8, 4) is 0 Å². The first-order valence-corrected chi connectivity index (χ1v) is 10.2. The molecule has 0 unspecified atom stereocenters. The average molecular weight is 312 g/mol. The first-order valence-electron chi connectivity index (χ1n) is 10.2. The van der Waals surface area contributed by atoms with Crippen LogP contribution in [0.4, 0.5) is 0 Å². The zero-order chi connectivity index (χ0) is 16.1. The summed E-state index contributed by atoms with van der Waals surface area (Å²) in [5.41, 5.74) is 0. The molecule has 0 aliphatic carbocycles. The summed E-state index contributed by atoms with van der Waals surface area (Å²) in [7, 11) is 1.80. The lowest BCUT2D eigenvalue weighted by Gasteiger charge is -2.03. The summed E-state index contributed by atoms with van der Waals surface area (Å²) in [6, 6.07) is 0. The maximum absolute atomic E-state index is 5.07. The zero-order valence-electron chi connectivity index (χ0n) is 15.6. The molecule has 0 rings (SSSR count). The Labute approximate surface area is 141 Å². The highest BCUT2D eigenvalue weighted by molar-refractivity contribution is 4.50. The maximum Gasteiger partial charge on any atom is 0.0462 e. The van der Waals surface area contributed by atoms with Gasteiger partial charge in [0, 0.05) is 13.7 Å². The molecule has 0 aromatic carbocycles. The minimum atomic E-state index is 0.941. The van der Waals surface area contributed by atoms with E-state index in [1.54, 1.807) is 7.11 Å². The number of rotatable bonds is 19. The molecule has 1 heteroatoms. The monoisotopic (exact) mass is 311 g/mol. The number of methoxy groups -OCH3 is 1. The lowest BCUT2D eigenvalue weighted by molar-refractivity contribution is 0.192. The molecule has 0 fully saturated rings. The van der Waals surface area contributed by atoms with E-state index < -0.39 is 0 Å². The van der Waals surface area contributed by atoms with Gasteiger partial charge in [-0.05, 0) is 6.42 Å². The summed E-state index contributed by atoms with van der Waals surface area (Å²) >= 11 is 0. The van der Waals surface area contributed by atoms with Gasteiger partial charge in [-0.1, -0.05) is 116 Å². The van der Waals surface area contributed by atoms with Gasteiger partial charge in [-0.2, -0.15) is 0 Å². The Morgan fingerprint density at radius 1 is 0.455 bits per heavy atom. The third-order valence-corrected chi connectivity index (χ3v) is 4.60. The van der Waals surface area contributed by atoms with Crippen LogP contribution in [0.3, 0.4) is 0 Å². The first kappa shape index (κ1) is 22.0. The van der Waals surface area contributed by atoms with E-state index in [1.165, 1.54) is 109 Å². The predicted molar refractivity (Wildman–Crippen MR) is 100 cm³/mol. The van der Waals surface area contributed by atoms with Crippen LogP contribution in [0.1, 0.15) is 116 Å². The summed E-state index contributed by atoms with van der Waals surface area (Å²) in [6.45, 7) is 4.84. The van der Waals surface area contributed by atoms with E-state index >= 15 is 0 Å². The molecule has 0 amide bonds. The fourth-order valence-electron chi connectivity index (χ4n) is 3.07. The molecule has 0 N–H and O–H groups in total. The van der Waals surface area contributed by atoms with Crippen molar-refractivity contribution in [2.75, 3.05) is 13.7 Å². The highest BCUT2D eigenvalue weighted by Gasteiger charge is 1.94. The van der Waals surface area contributed by atoms with Gasteiger partial charge in [0.2, 0.25) is 0 Å². The molecule has 0 aliphatic heterocycles. The van der Waals surface area contributed by atoms with Crippen LogP contribution in [-0.4, -0.2) is 13.7 Å². The van der Waals surface area contributed by atoms with Crippen molar-refractivity contribution < 1.29 is 4.74 Å². The molecular weight excluding hydrogens is 268 g/mol. The molecule has 0 saturated carbocycles. The predicted octanol–water partition coefficient (Wildman–Crippen LogP) is 7.49. The van der Waals surface area contributed by atoms with Gasteiger partial charge in [-0.3, -0.25) is 0 Å². The van der Waals surface area contributed by atoms with Gasteiger partial charge in [-0.15, -0.1) is 0 Å². The molecule has 0 aliphatic rings. The Hall–Kier alpha value is -0.0400. The molecule has 1 nitrogen and oxygen atoms in total. The van der Waals surface area contributed by atoms with Gasteiger partial charge in [0.15, 0.2) is 0 Å². The van der Waals surface area contributed by atoms with Gasteiger partial charge in [0.1, 0.15) is 0 Å². The van der Waals surface area contributed by atoms with E-state index in [0.717, 1.165) is 13.0 Å². The second-order valence-corrected chi connectivity index (χ2v) is 6.86. The molecule has 1 radical (unpaired) electrons. The Kier molecular flexibility index (Phi) is 20.9. The van der Waals surface area contributed by atoms with E-state index in [4.69, 9.17) is 4.74 Å². The smallest absolute Gasteiger partial charge is 0.0462 e. The van der Waals surface area contributed by atoms with E-state index in [0.29, 0.717) is 0 Å². The number of hydrogen-bond acceptors (Lipinski definition) is 1. The first-order chi connectivity index (χ1) is 10.9. The molecular formula is C21H43O. The van der Waals surface area contributed by atoms with Crippen LogP contribution in [0.2, 0.25) is 0 Å². The molecule has 0 spiro atoms. The normalized spacial score (nSPS) is 11.2. The van der Waals surface area contributed by atoms with Gasteiger partial charge in [-0.25, -0.2) is 0 Å². The SMILES string of the molecule is [CH2]CCCCCCCCCCCCCCCCCCCOC. The molecule has 0 bridgehead atoms. The van der Waals surface area contributed by atoms with Crippen molar-refractivity contribution >= 4 is 0 Å². The highest BCUT2D eigenvalue weighted by Crippen LogP contribution is 2.14. The van der Waals surface area contributed by atoms with Crippen LogP contribution in [0, 0.1) is 6.92 Å². The van der Waals surface area contributed by atoms with Crippen LogP contribution in [0.25, 0.3) is 0 Å². The minimum absolute atomic E-state index is 0.941. The summed E-state index contributed by atoms with van der Waals surface area (Å²) in [5.74, 6) is 0. The van der Waals surface area contributed by atoms with Crippen LogP contribution >= 0.6 is 0 Å². The van der Waals surface area contributed by atoms with E-state index in [-0.39, 0.29) is 0 Å². The lowest BCUT2D eigenvalue weighted by atomic mass is 10.0. The molecule has 22 heavy (non-hydrogen) atoms. The highest BCUT2D eigenvalue weighted by atomic mass is 16.5. The van der Waals surface area contributed by atoms with Gasteiger partial charge in [0.05, 0.1) is 0 Å². The third-order valence-electron chi connectivity index (χ3n) is 4.60. The molecule has 0 atom stereocenters. The molecule has 0 heterocycles. The lowest BCUT2D eigenvalue weighted by Crippen LogP contribution is -1.88. The van der Waals surface area contributed by atoms with Crippen LogP contribution < -0.4 is 0 Å². The Bertz CT molecular complexity index is 159. The van der Waals surface area contributed by atoms with Crippen molar-refractivity contribution in [2.45, 2.75) is 116 Å². The molecule has 0 aromatic rings. The standard InChI is InChI=1S/C21H43O/c1-3-4-5-6-7-8-9-10-11-12-13-14-15-16-17-18-19-20-21-22-2/h1,3-21H2,2H3. The van der Waals surface area contributed by atoms with Gasteiger partial charge >= 0.3 is 0 Å². The fraction of sp³-hybridized carbons (Fsp3) is 0.952. The van der Waals surface area contributed by atoms with Crippen molar-refractivity contribution in [3.63, 3.8) is 0 Å². The average Bonchev–Trinajstić information content (AvgIpc) is 2.54.